The van der Waals surface area contributed by atoms with E-state index in [-0.39, 0.29) is 0 Å². The van der Waals surface area contributed by atoms with Crippen LogP contribution in [-0.4, -0.2) is 14.4 Å². The molecule has 3 aromatic rings. The van der Waals surface area contributed by atoms with Crippen molar-refractivity contribution in [1.29, 1.82) is 0 Å². The van der Waals surface area contributed by atoms with Gasteiger partial charge in [0.25, 0.3) is 5.69 Å². The van der Waals surface area contributed by atoms with Gasteiger partial charge in [0.1, 0.15) is 5.75 Å². The largest absolute Gasteiger partial charge is 0.673 e. The lowest BCUT2D eigenvalue weighted by atomic mass is 10.1. The van der Waals surface area contributed by atoms with Crippen LogP contribution in [-0.2, 0) is 7.05 Å². The average Bonchev–Trinajstić information content (AvgIpc) is 3.00. The van der Waals surface area contributed by atoms with Gasteiger partial charge >= 0.3 is 7.25 Å². The molecular weight excluding hydrogens is 361 g/mol. The fraction of sp³-hybridized carbons (Fsp3) is 0.105. The van der Waals surface area contributed by atoms with Gasteiger partial charge in [-0.3, -0.25) is 0 Å². The fourth-order valence-corrected chi connectivity index (χ4v) is 2.24. The van der Waals surface area contributed by atoms with Crippen molar-refractivity contribution in [2.45, 2.75) is 0 Å². The first-order valence-electron chi connectivity index (χ1n) is 8.01. The van der Waals surface area contributed by atoms with E-state index in [1.54, 1.807) is 11.8 Å². The Balaban J connectivity index is 0.000000465. The molecule has 0 fully saturated rings. The summed E-state index contributed by atoms with van der Waals surface area (Å²) in [5.41, 5.74) is 3.19. The second-order valence-electron chi connectivity index (χ2n) is 5.49. The molecule has 0 atom stereocenters. The molecule has 0 spiro atoms. The van der Waals surface area contributed by atoms with Crippen molar-refractivity contribution in [2.75, 3.05) is 7.11 Å². The van der Waals surface area contributed by atoms with Gasteiger partial charge in [-0.25, -0.2) is 4.52 Å². The Morgan fingerprint density at radius 1 is 0.926 bits per heavy atom. The molecule has 0 unspecified atom stereocenters. The lowest BCUT2D eigenvalue weighted by Gasteiger charge is -1.98. The predicted octanol–water partition coefficient (Wildman–Crippen LogP) is 5.25. The van der Waals surface area contributed by atoms with Crippen LogP contribution in [0.1, 0.15) is 11.3 Å². The highest BCUT2D eigenvalue weighted by Crippen LogP contribution is 2.20. The first-order chi connectivity index (χ1) is 12.8. The van der Waals surface area contributed by atoms with Crippen LogP contribution in [0.4, 0.5) is 17.3 Å². The van der Waals surface area contributed by atoms with Crippen LogP contribution in [0.2, 0.25) is 0 Å². The third-order valence-corrected chi connectivity index (χ3v) is 3.50. The van der Waals surface area contributed by atoms with Gasteiger partial charge in [-0.15, -0.1) is 0 Å². The monoisotopic (exact) mass is 379 g/mol. The highest BCUT2D eigenvalue weighted by Gasteiger charge is 2.20. The minimum absolute atomic E-state index is 0.859. The number of hydrogen-bond acceptors (Lipinski definition) is 2. The maximum Gasteiger partial charge on any atom is 0.673 e. The number of aromatic nitrogens is 1. The quantitative estimate of drug-likeness (QED) is 0.352. The number of hydrogen-bond donors (Lipinski definition) is 0. The molecule has 1 aromatic heterocycles. The zero-order valence-corrected chi connectivity index (χ0v) is 14.8. The topological polar surface area (TPSA) is 26.2 Å². The van der Waals surface area contributed by atoms with E-state index in [1.807, 2.05) is 73.8 Å². The zero-order valence-electron chi connectivity index (χ0n) is 14.8. The molecular formula is C19H18BF4NO2. The van der Waals surface area contributed by atoms with Crippen molar-refractivity contribution >= 4 is 19.4 Å². The van der Waals surface area contributed by atoms with E-state index < -0.39 is 7.25 Å². The summed E-state index contributed by atoms with van der Waals surface area (Å²) in [6.45, 7) is 0. The summed E-state index contributed by atoms with van der Waals surface area (Å²) in [7, 11) is -2.43. The molecule has 0 bridgehead atoms. The van der Waals surface area contributed by atoms with E-state index in [0.717, 1.165) is 28.3 Å². The Kier molecular flexibility index (Phi) is 6.82. The van der Waals surface area contributed by atoms with E-state index in [9.17, 15) is 17.3 Å². The third-order valence-electron chi connectivity index (χ3n) is 3.50. The van der Waals surface area contributed by atoms with Gasteiger partial charge in [0.05, 0.1) is 13.2 Å². The lowest BCUT2D eigenvalue weighted by molar-refractivity contribution is -0.844. The van der Waals surface area contributed by atoms with Gasteiger partial charge in [-0.2, -0.15) is 0 Å². The van der Waals surface area contributed by atoms with Crippen LogP contribution in [0.5, 0.6) is 5.75 Å². The Labute approximate surface area is 154 Å². The van der Waals surface area contributed by atoms with Crippen LogP contribution in [0, 0.1) is 0 Å². The molecule has 1 heterocycles. The maximum atomic E-state index is 9.75. The molecule has 0 N–H and O–H groups in total. The number of ether oxygens (including phenoxy) is 1. The predicted molar refractivity (Wildman–Crippen MR) is 97.4 cm³/mol. The van der Waals surface area contributed by atoms with E-state index in [0.29, 0.717) is 0 Å². The second kappa shape index (κ2) is 9.07. The summed E-state index contributed by atoms with van der Waals surface area (Å²) >= 11 is 0. The number of methoxy groups -OCH3 is 1. The van der Waals surface area contributed by atoms with Crippen molar-refractivity contribution < 1.29 is 31.3 Å². The molecule has 27 heavy (non-hydrogen) atoms. The molecule has 8 heteroatoms. The molecule has 0 radical (unpaired) electrons. The summed E-state index contributed by atoms with van der Waals surface area (Å²) in [5.74, 6) is 1.72. The number of rotatable bonds is 4. The standard InChI is InChI=1S/C19H18NO2.BF4/c1-20-17(11-8-15-9-12-18(21-2)13-10-15)14-19(22-20)16-6-4-3-5-7-16;2-1(3,4)5/h3-14H,1-2H3;/q+1;-1/b11-8+;. The minimum Gasteiger partial charge on any atom is -0.497 e. The molecule has 2 aromatic carbocycles. The fourth-order valence-electron chi connectivity index (χ4n) is 2.24. The number of benzene rings is 2. The average molecular weight is 379 g/mol. The van der Waals surface area contributed by atoms with E-state index in [1.165, 1.54) is 0 Å². The molecule has 3 rings (SSSR count). The molecule has 3 nitrogen and oxygen atoms in total. The first-order valence-corrected chi connectivity index (χ1v) is 8.01. The van der Waals surface area contributed by atoms with Gasteiger partial charge < -0.3 is 22.0 Å². The number of halogens is 4. The third kappa shape index (κ3) is 7.01. The molecule has 0 saturated carbocycles. The molecule has 0 amide bonds. The van der Waals surface area contributed by atoms with Crippen LogP contribution in [0.3, 0.4) is 0 Å². The minimum atomic E-state index is -6.00. The van der Waals surface area contributed by atoms with E-state index in [2.05, 4.69) is 6.08 Å². The highest BCUT2D eigenvalue weighted by molar-refractivity contribution is 6.50. The summed E-state index contributed by atoms with van der Waals surface area (Å²) in [6.07, 6.45) is 4.09. The molecule has 0 aliphatic carbocycles. The van der Waals surface area contributed by atoms with Crippen LogP contribution in [0.25, 0.3) is 23.5 Å². The molecule has 0 aliphatic heterocycles. The van der Waals surface area contributed by atoms with Gasteiger partial charge in [0, 0.05) is 11.6 Å². The van der Waals surface area contributed by atoms with Gasteiger partial charge in [0.2, 0.25) is 5.76 Å². The number of aryl methyl sites for hydroxylation is 1. The van der Waals surface area contributed by atoms with Gasteiger partial charge in [0.15, 0.2) is 7.05 Å². The highest BCUT2D eigenvalue weighted by atomic mass is 19.5. The van der Waals surface area contributed by atoms with Crippen molar-refractivity contribution in [2.24, 2.45) is 7.05 Å². The normalized spacial score (nSPS) is 11.2. The Morgan fingerprint density at radius 3 is 2.07 bits per heavy atom. The van der Waals surface area contributed by atoms with Crippen molar-refractivity contribution in [1.82, 2.24) is 0 Å². The summed E-state index contributed by atoms with van der Waals surface area (Å²) < 4.78 is 51.7. The van der Waals surface area contributed by atoms with Gasteiger partial charge in [-0.1, -0.05) is 42.5 Å². The SMILES string of the molecule is COc1ccc(/C=C/c2cc(-c3ccccc3)o[n+]2C)cc1.F[B-](F)(F)F. The molecule has 0 saturated heterocycles. The maximum absolute atomic E-state index is 9.75. The lowest BCUT2D eigenvalue weighted by Crippen LogP contribution is -2.27. The van der Waals surface area contributed by atoms with Crippen LogP contribution >= 0.6 is 0 Å². The zero-order chi connectivity index (χ0) is 19.9. The van der Waals surface area contributed by atoms with E-state index in [4.69, 9.17) is 9.26 Å². The molecule has 0 aliphatic rings. The Morgan fingerprint density at radius 2 is 1.52 bits per heavy atom. The van der Waals surface area contributed by atoms with E-state index >= 15 is 0 Å². The van der Waals surface area contributed by atoms with Crippen molar-refractivity contribution in [3.05, 3.63) is 71.9 Å². The van der Waals surface area contributed by atoms with Crippen LogP contribution in [0.15, 0.2) is 65.2 Å². The van der Waals surface area contributed by atoms with Crippen molar-refractivity contribution in [3.8, 4) is 17.1 Å². The second-order valence-corrected chi connectivity index (χ2v) is 5.49. The Hall–Kier alpha value is -3.03. The first kappa shape index (κ1) is 20.3. The smallest absolute Gasteiger partial charge is 0.497 e. The van der Waals surface area contributed by atoms with Crippen LogP contribution < -0.4 is 9.48 Å². The van der Waals surface area contributed by atoms with Crippen molar-refractivity contribution in [3.63, 3.8) is 0 Å². The Bertz CT molecular complexity index is 869. The van der Waals surface area contributed by atoms with Gasteiger partial charge in [-0.05, 0) is 28.5 Å². The summed E-state index contributed by atoms with van der Waals surface area (Å²) in [6, 6.07) is 20.1. The summed E-state index contributed by atoms with van der Waals surface area (Å²) in [5, 5.41) is 0. The molecule has 142 valence electrons. The summed E-state index contributed by atoms with van der Waals surface area (Å²) in [4.78, 5) is 0. The number of nitrogens with zero attached hydrogens (tertiary/aromatic N) is 1.